The van der Waals surface area contributed by atoms with Crippen LogP contribution in [0.15, 0.2) is 40.1 Å². The van der Waals surface area contributed by atoms with Gasteiger partial charge in [0.05, 0.1) is 6.54 Å². The molecule has 4 heteroatoms. The molecule has 1 amide bonds. The van der Waals surface area contributed by atoms with Gasteiger partial charge in [0.2, 0.25) is 5.91 Å². The normalized spacial score (nSPS) is 21.2. The number of carbonyl (C=O) groups is 1. The van der Waals surface area contributed by atoms with Gasteiger partial charge in [-0.1, -0.05) is 13.0 Å². The van der Waals surface area contributed by atoms with Crippen molar-refractivity contribution < 1.29 is 9.21 Å². The maximum Gasteiger partial charge on any atom is 0.244 e. The molecule has 2 heterocycles. The van der Waals surface area contributed by atoms with E-state index in [-0.39, 0.29) is 5.91 Å². The van der Waals surface area contributed by atoms with Crippen molar-refractivity contribution in [3.8, 4) is 0 Å². The lowest BCUT2D eigenvalue weighted by Crippen LogP contribution is -2.19. The quantitative estimate of drug-likeness (QED) is 0.850. The topological polar surface area (TPSA) is 42.2 Å². The van der Waals surface area contributed by atoms with Crippen LogP contribution in [0.5, 0.6) is 0 Å². The first kappa shape index (κ1) is 13.2. The maximum absolute atomic E-state index is 11.7. The molecule has 1 aliphatic rings. The minimum absolute atomic E-state index is 0.101. The number of carbonyl (C=O) groups excluding carboxylic acids is 1. The molecule has 0 aromatic carbocycles. The Kier molecular flexibility index (Phi) is 3.74. The highest BCUT2D eigenvalue weighted by Gasteiger charge is 2.36. The first-order chi connectivity index (χ1) is 9.72. The van der Waals surface area contributed by atoms with Crippen LogP contribution in [0, 0.1) is 5.92 Å². The Labute approximate surface area is 122 Å². The fourth-order valence-electron chi connectivity index (χ4n) is 2.18. The Morgan fingerprint density at radius 2 is 2.35 bits per heavy atom. The zero-order chi connectivity index (χ0) is 13.9. The highest BCUT2D eigenvalue weighted by molar-refractivity contribution is 7.09. The Balaban J connectivity index is 1.51. The van der Waals surface area contributed by atoms with Crippen molar-refractivity contribution in [1.82, 2.24) is 5.32 Å². The minimum Gasteiger partial charge on any atom is -0.461 e. The second kappa shape index (κ2) is 5.67. The summed E-state index contributed by atoms with van der Waals surface area (Å²) in [5.74, 6) is 2.98. The molecular formula is C16H17NO2S. The van der Waals surface area contributed by atoms with Crippen LogP contribution < -0.4 is 5.32 Å². The molecule has 0 aliphatic heterocycles. The van der Waals surface area contributed by atoms with Crippen LogP contribution in [0.4, 0.5) is 0 Å². The lowest BCUT2D eigenvalue weighted by atomic mass is 10.3. The standard InChI is InChI=1S/C16H17NO2S/c1-11-9-14(11)15-6-4-12(19-15)5-7-16(18)17-10-13-3-2-8-20-13/h2-8,11,14H,9-10H2,1H3,(H,17,18)/b7-5+/t11-,14+/m1/s1. The number of hydrogen-bond donors (Lipinski definition) is 1. The van der Waals surface area contributed by atoms with Crippen LogP contribution in [-0.4, -0.2) is 5.91 Å². The van der Waals surface area contributed by atoms with Gasteiger partial charge in [-0.05, 0) is 42.0 Å². The lowest BCUT2D eigenvalue weighted by Gasteiger charge is -1.98. The Morgan fingerprint density at radius 3 is 3.05 bits per heavy atom. The molecule has 1 N–H and O–H groups in total. The lowest BCUT2D eigenvalue weighted by molar-refractivity contribution is -0.116. The van der Waals surface area contributed by atoms with Crippen LogP contribution in [0.25, 0.3) is 6.08 Å². The third-order valence-electron chi connectivity index (χ3n) is 3.54. The average Bonchev–Trinajstić information content (AvgIpc) is 2.92. The van der Waals surface area contributed by atoms with Crippen molar-refractivity contribution in [2.24, 2.45) is 5.92 Å². The van der Waals surface area contributed by atoms with Gasteiger partial charge in [0.1, 0.15) is 11.5 Å². The van der Waals surface area contributed by atoms with Crippen LogP contribution in [-0.2, 0) is 11.3 Å². The van der Waals surface area contributed by atoms with Crippen molar-refractivity contribution >= 4 is 23.3 Å². The van der Waals surface area contributed by atoms with E-state index < -0.39 is 0 Å². The van der Waals surface area contributed by atoms with Crippen LogP contribution >= 0.6 is 11.3 Å². The van der Waals surface area contributed by atoms with E-state index in [4.69, 9.17) is 4.42 Å². The average molecular weight is 287 g/mol. The number of thiophene rings is 1. The second-order valence-corrected chi connectivity index (χ2v) is 6.22. The minimum atomic E-state index is -0.101. The van der Waals surface area contributed by atoms with E-state index in [0.717, 1.165) is 22.3 Å². The molecule has 2 aromatic rings. The van der Waals surface area contributed by atoms with E-state index in [2.05, 4.69) is 12.2 Å². The molecule has 1 fully saturated rings. The van der Waals surface area contributed by atoms with Crippen LogP contribution in [0.2, 0.25) is 0 Å². The molecule has 1 aliphatic carbocycles. The Bertz CT molecular complexity index is 612. The molecule has 104 valence electrons. The third-order valence-corrected chi connectivity index (χ3v) is 4.41. The van der Waals surface area contributed by atoms with Gasteiger partial charge in [0, 0.05) is 16.9 Å². The van der Waals surface area contributed by atoms with E-state index in [9.17, 15) is 4.79 Å². The molecule has 2 atom stereocenters. The van der Waals surface area contributed by atoms with Crippen molar-refractivity contribution in [3.05, 3.63) is 52.1 Å². The van der Waals surface area contributed by atoms with Crippen molar-refractivity contribution in [2.45, 2.75) is 25.8 Å². The highest BCUT2D eigenvalue weighted by Crippen LogP contribution is 2.47. The summed E-state index contributed by atoms with van der Waals surface area (Å²) in [6.07, 6.45) is 4.45. The van der Waals surface area contributed by atoms with Crippen LogP contribution in [0.3, 0.4) is 0 Å². The molecule has 20 heavy (non-hydrogen) atoms. The van der Waals surface area contributed by atoms with E-state index in [1.54, 1.807) is 17.4 Å². The van der Waals surface area contributed by atoms with Gasteiger partial charge in [0.15, 0.2) is 0 Å². The predicted molar refractivity (Wildman–Crippen MR) is 80.4 cm³/mol. The maximum atomic E-state index is 11.7. The summed E-state index contributed by atoms with van der Waals surface area (Å²) >= 11 is 1.64. The van der Waals surface area contributed by atoms with Crippen molar-refractivity contribution in [2.75, 3.05) is 0 Å². The first-order valence-corrected chi connectivity index (χ1v) is 7.68. The number of furan rings is 1. The smallest absolute Gasteiger partial charge is 0.244 e. The molecule has 3 rings (SSSR count). The molecular weight excluding hydrogens is 270 g/mol. The molecule has 0 saturated heterocycles. The highest BCUT2D eigenvalue weighted by atomic mass is 32.1. The number of hydrogen-bond acceptors (Lipinski definition) is 3. The van der Waals surface area contributed by atoms with Gasteiger partial charge < -0.3 is 9.73 Å². The van der Waals surface area contributed by atoms with Crippen molar-refractivity contribution in [3.63, 3.8) is 0 Å². The molecule has 1 saturated carbocycles. The largest absolute Gasteiger partial charge is 0.461 e. The van der Waals surface area contributed by atoms with E-state index in [1.807, 2.05) is 29.6 Å². The van der Waals surface area contributed by atoms with Gasteiger partial charge in [-0.2, -0.15) is 0 Å². The predicted octanol–water partition coefficient (Wildman–Crippen LogP) is 3.79. The molecule has 0 bridgehead atoms. The summed E-state index contributed by atoms with van der Waals surface area (Å²) in [7, 11) is 0. The van der Waals surface area contributed by atoms with Crippen LogP contribution in [0.1, 0.15) is 35.7 Å². The summed E-state index contributed by atoms with van der Waals surface area (Å²) in [5.41, 5.74) is 0. The second-order valence-electron chi connectivity index (χ2n) is 5.19. The van der Waals surface area contributed by atoms with Gasteiger partial charge in [-0.25, -0.2) is 0 Å². The van der Waals surface area contributed by atoms with Gasteiger partial charge in [0.25, 0.3) is 0 Å². The monoisotopic (exact) mass is 287 g/mol. The summed E-state index contributed by atoms with van der Waals surface area (Å²) in [6, 6.07) is 7.91. The summed E-state index contributed by atoms with van der Waals surface area (Å²) < 4.78 is 5.71. The third kappa shape index (κ3) is 3.20. The van der Waals surface area contributed by atoms with Gasteiger partial charge in [-0.15, -0.1) is 11.3 Å². The van der Waals surface area contributed by atoms with Gasteiger partial charge in [-0.3, -0.25) is 4.79 Å². The number of amides is 1. The summed E-state index contributed by atoms with van der Waals surface area (Å²) in [6.45, 7) is 2.80. The molecule has 0 radical (unpaired) electrons. The fraction of sp³-hybridized carbons (Fsp3) is 0.312. The van der Waals surface area contributed by atoms with E-state index in [0.29, 0.717) is 12.5 Å². The Morgan fingerprint density at radius 1 is 1.50 bits per heavy atom. The van der Waals surface area contributed by atoms with E-state index in [1.165, 1.54) is 12.5 Å². The molecule has 3 nitrogen and oxygen atoms in total. The fourth-order valence-corrected chi connectivity index (χ4v) is 2.82. The first-order valence-electron chi connectivity index (χ1n) is 6.80. The van der Waals surface area contributed by atoms with Gasteiger partial charge >= 0.3 is 0 Å². The number of nitrogens with one attached hydrogen (secondary N) is 1. The number of rotatable bonds is 5. The molecule has 2 aromatic heterocycles. The van der Waals surface area contributed by atoms with Crippen molar-refractivity contribution in [1.29, 1.82) is 0 Å². The Hall–Kier alpha value is -1.81. The summed E-state index contributed by atoms with van der Waals surface area (Å²) in [4.78, 5) is 12.8. The summed E-state index contributed by atoms with van der Waals surface area (Å²) in [5, 5.41) is 4.85. The SMILES string of the molecule is C[C@@H]1C[C@@H]1c1ccc(/C=C/C(=O)NCc2cccs2)o1. The van der Waals surface area contributed by atoms with E-state index >= 15 is 0 Å². The molecule has 0 spiro atoms. The zero-order valence-corrected chi connectivity index (χ0v) is 12.2. The molecule has 0 unspecified atom stereocenters. The zero-order valence-electron chi connectivity index (χ0n) is 11.3.